The highest BCUT2D eigenvalue weighted by atomic mass is 32.2. The number of nitrogen functional groups attached to an aromatic ring is 1. The van der Waals surface area contributed by atoms with Crippen LogP contribution in [0.1, 0.15) is 18.3 Å². The number of esters is 1. The first-order chi connectivity index (χ1) is 16.5. The van der Waals surface area contributed by atoms with Crippen molar-refractivity contribution >= 4 is 35.4 Å². The maximum atomic E-state index is 12.3. The van der Waals surface area contributed by atoms with Crippen molar-refractivity contribution in [3.8, 4) is 11.5 Å². The van der Waals surface area contributed by atoms with Gasteiger partial charge in [0.15, 0.2) is 5.82 Å². The van der Waals surface area contributed by atoms with Gasteiger partial charge in [0.05, 0.1) is 19.5 Å². The summed E-state index contributed by atoms with van der Waals surface area (Å²) in [4.78, 5) is 23.7. The zero-order chi connectivity index (χ0) is 24.3. The lowest BCUT2D eigenvalue weighted by molar-refractivity contribution is -0.137. The van der Waals surface area contributed by atoms with Gasteiger partial charge >= 0.3 is 5.97 Å². The van der Waals surface area contributed by atoms with Gasteiger partial charge in [0.25, 0.3) is 0 Å². The van der Waals surface area contributed by atoms with E-state index in [1.807, 2.05) is 12.1 Å². The summed E-state index contributed by atoms with van der Waals surface area (Å²) in [5, 5.41) is 11.2. The number of nitrogens with one attached hydrogen (secondary N) is 1. The van der Waals surface area contributed by atoms with Crippen molar-refractivity contribution in [1.29, 1.82) is 0 Å². The third kappa shape index (κ3) is 7.27. The Balaban J connectivity index is 1.47. The van der Waals surface area contributed by atoms with Crippen LogP contribution < -0.4 is 20.6 Å². The normalized spacial score (nSPS) is 10.8. The number of benzene rings is 2. The van der Waals surface area contributed by atoms with E-state index < -0.39 is 5.97 Å². The number of hydrogen-bond donors (Lipinski definition) is 2. The molecule has 0 fully saturated rings. The number of nitrogens with two attached hydrogens (primary N) is 1. The number of anilines is 1. The third-order valence-electron chi connectivity index (χ3n) is 4.37. The molecule has 3 rings (SSSR count). The van der Waals surface area contributed by atoms with Crippen LogP contribution in [0.4, 0.5) is 5.69 Å². The second-order valence-electron chi connectivity index (χ2n) is 6.78. The van der Waals surface area contributed by atoms with Gasteiger partial charge < -0.3 is 25.4 Å². The third-order valence-corrected chi connectivity index (χ3v) is 5.31. The Labute approximate surface area is 201 Å². The first-order valence-electron chi connectivity index (χ1n) is 10.3. The minimum Gasteiger partial charge on any atom is -0.497 e. The number of rotatable bonds is 11. The summed E-state index contributed by atoms with van der Waals surface area (Å²) in [6, 6.07) is 14.2. The number of nitrogens with zero attached hydrogens (tertiary/aromatic N) is 3. The molecule has 3 N–H and O–H groups in total. The van der Waals surface area contributed by atoms with Gasteiger partial charge in [0.1, 0.15) is 18.1 Å². The Morgan fingerprint density at radius 3 is 2.65 bits per heavy atom. The Morgan fingerprint density at radius 1 is 1.15 bits per heavy atom. The molecule has 0 atom stereocenters. The predicted octanol–water partition coefficient (Wildman–Crippen LogP) is 2.89. The van der Waals surface area contributed by atoms with E-state index >= 15 is 0 Å². The highest BCUT2D eigenvalue weighted by molar-refractivity contribution is 7.99. The molecular weight excluding hydrogens is 458 g/mol. The Morgan fingerprint density at radius 2 is 1.91 bits per heavy atom. The maximum Gasteiger partial charge on any atom is 0.330 e. The van der Waals surface area contributed by atoms with Crippen LogP contribution in [-0.2, 0) is 20.9 Å². The molecule has 10 nitrogen and oxygen atoms in total. The quantitative estimate of drug-likeness (QED) is 0.183. The minimum atomic E-state index is -0.403. The van der Waals surface area contributed by atoms with E-state index in [1.54, 1.807) is 56.5 Å². The predicted molar refractivity (Wildman–Crippen MR) is 129 cm³/mol. The van der Waals surface area contributed by atoms with Crippen molar-refractivity contribution in [3.05, 3.63) is 66.0 Å². The largest absolute Gasteiger partial charge is 0.497 e. The second-order valence-corrected chi connectivity index (χ2v) is 7.72. The molecule has 0 aliphatic heterocycles. The first kappa shape index (κ1) is 24.6. The molecule has 178 valence electrons. The van der Waals surface area contributed by atoms with E-state index in [0.717, 1.165) is 17.3 Å². The first-order valence-corrected chi connectivity index (χ1v) is 11.3. The molecule has 11 heteroatoms. The molecule has 0 saturated heterocycles. The van der Waals surface area contributed by atoms with Gasteiger partial charge in [-0.05, 0) is 42.8 Å². The smallest absolute Gasteiger partial charge is 0.330 e. The van der Waals surface area contributed by atoms with E-state index in [0.29, 0.717) is 34.8 Å². The molecule has 34 heavy (non-hydrogen) atoms. The standard InChI is InChI=1S/C23H25N5O5S/c1-3-32-22(30)12-9-16-7-10-17(11-8-16)25-21(29)15-34-23-27-26-20(28(23)24)14-33-19-6-4-5-18(13-19)31-2/h4-13H,3,14-15,24H2,1-2H3,(H,25,29)/b12-9+. The van der Waals surface area contributed by atoms with Crippen LogP contribution in [0.5, 0.6) is 11.5 Å². The summed E-state index contributed by atoms with van der Waals surface area (Å²) < 4.78 is 17.0. The molecule has 2 aromatic carbocycles. The fraction of sp³-hybridized carbons (Fsp3) is 0.217. The van der Waals surface area contributed by atoms with Crippen LogP contribution in [0.3, 0.4) is 0 Å². The zero-order valence-electron chi connectivity index (χ0n) is 18.8. The number of aromatic nitrogens is 3. The van der Waals surface area contributed by atoms with Gasteiger partial charge in [-0.15, -0.1) is 10.2 Å². The highest BCUT2D eigenvalue weighted by Gasteiger charge is 2.13. The lowest BCUT2D eigenvalue weighted by Gasteiger charge is -2.08. The molecule has 1 amide bonds. The van der Waals surface area contributed by atoms with Crippen LogP contribution in [0, 0.1) is 0 Å². The monoisotopic (exact) mass is 483 g/mol. The molecule has 1 heterocycles. The van der Waals surface area contributed by atoms with Crippen LogP contribution in [-0.4, -0.2) is 46.2 Å². The second kappa shape index (κ2) is 12.3. The molecule has 0 radical (unpaired) electrons. The summed E-state index contributed by atoms with van der Waals surface area (Å²) in [5.74, 6) is 7.21. The average Bonchev–Trinajstić information content (AvgIpc) is 3.20. The number of amides is 1. The summed E-state index contributed by atoms with van der Waals surface area (Å²) in [6.07, 6.45) is 3.00. The van der Waals surface area contributed by atoms with E-state index in [9.17, 15) is 9.59 Å². The molecule has 0 aliphatic rings. The topological polar surface area (TPSA) is 131 Å². The summed E-state index contributed by atoms with van der Waals surface area (Å²) >= 11 is 1.16. The van der Waals surface area contributed by atoms with E-state index in [4.69, 9.17) is 20.1 Å². The Kier molecular flexibility index (Phi) is 8.92. The van der Waals surface area contributed by atoms with Crippen molar-refractivity contribution < 1.29 is 23.8 Å². The van der Waals surface area contributed by atoms with Crippen molar-refractivity contribution in [3.63, 3.8) is 0 Å². The molecule has 0 bridgehead atoms. The van der Waals surface area contributed by atoms with Crippen molar-refractivity contribution in [2.24, 2.45) is 0 Å². The Hall–Kier alpha value is -3.99. The number of hydrogen-bond acceptors (Lipinski definition) is 9. The van der Waals surface area contributed by atoms with Crippen LogP contribution >= 0.6 is 11.8 Å². The van der Waals surface area contributed by atoms with Crippen molar-refractivity contribution in [2.75, 3.05) is 30.6 Å². The summed E-state index contributed by atoms with van der Waals surface area (Å²) in [5.41, 5.74) is 1.43. The number of methoxy groups -OCH3 is 1. The molecule has 1 aromatic heterocycles. The lowest BCUT2D eigenvalue weighted by atomic mass is 10.2. The summed E-state index contributed by atoms with van der Waals surface area (Å²) in [6.45, 7) is 2.18. The van der Waals surface area contributed by atoms with E-state index in [2.05, 4.69) is 15.5 Å². The number of carbonyl (C=O) groups excluding carboxylic acids is 2. The summed E-state index contributed by atoms with van der Waals surface area (Å²) in [7, 11) is 1.58. The number of thioether (sulfide) groups is 1. The number of ether oxygens (including phenoxy) is 3. The van der Waals surface area contributed by atoms with Crippen LogP contribution in [0.25, 0.3) is 6.08 Å². The van der Waals surface area contributed by atoms with E-state index in [-0.39, 0.29) is 18.3 Å². The van der Waals surface area contributed by atoms with Gasteiger partial charge in [-0.2, -0.15) is 0 Å². The maximum absolute atomic E-state index is 12.3. The zero-order valence-corrected chi connectivity index (χ0v) is 19.6. The molecule has 0 saturated carbocycles. The van der Waals surface area contributed by atoms with Gasteiger partial charge in [-0.3, -0.25) is 4.79 Å². The lowest BCUT2D eigenvalue weighted by Crippen LogP contribution is -2.18. The van der Waals surface area contributed by atoms with E-state index in [1.165, 1.54) is 10.8 Å². The molecule has 0 unspecified atom stereocenters. The van der Waals surface area contributed by atoms with Gasteiger partial charge in [0, 0.05) is 17.8 Å². The molecule has 3 aromatic rings. The minimum absolute atomic E-state index is 0.0938. The van der Waals surface area contributed by atoms with Crippen molar-refractivity contribution in [2.45, 2.75) is 18.7 Å². The highest BCUT2D eigenvalue weighted by Crippen LogP contribution is 2.21. The SMILES string of the molecule is CCOC(=O)/C=C/c1ccc(NC(=O)CSc2nnc(COc3cccc(OC)c3)n2N)cc1. The van der Waals surface area contributed by atoms with Gasteiger partial charge in [-0.25, -0.2) is 9.47 Å². The number of carbonyl (C=O) groups is 2. The van der Waals surface area contributed by atoms with Gasteiger partial charge in [-0.1, -0.05) is 30.0 Å². The van der Waals surface area contributed by atoms with Crippen molar-refractivity contribution in [1.82, 2.24) is 14.9 Å². The van der Waals surface area contributed by atoms with Crippen LogP contribution in [0.2, 0.25) is 0 Å². The molecule has 0 aliphatic carbocycles. The average molecular weight is 484 g/mol. The van der Waals surface area contributed by atoms with Gasteiger partial charge in [0.2, 0.25) is 11.1 Å². The Bertz CT molecular complexity index is 1150. The van der Waals surface area contributed by atoms with Crippen LogP contribution in [0.15, 0.2) is 59.8 Å². The fourth-order valence-corrected chi connectivity index (χ4v) is 3.38. The fourth-order valence-electron chi connectivity index (χ4n) is 2.70. The molecular formula is C23H25N5O5S. The molecule has 0 spiro atoms.